The molecule has 1 nitrogen and oxygen atoms in total. The van der Waals surface area contributed by atoms with Crippen molar-refractivity contribution in [1.29, 1.82) is 0 Å². The first kappa shape index (κ1) is 28.8. The fraction of sp³-hybridized carbons (Fsp3) is 0. The Bertz CT molecular complexity index is 11.6. The Morgan fingerprint density at radius 2 is 1.20 bits per heavy atom. The minimum atomic E-state index is 0. The molecule has 0 aromatic rings. The Morgan fingerprint density at radius 1 is 1.20 bits per heavy atom. The average molecular weight is 225 g/mol. The summed E-state index contributed by atoms with van der Waals surface area (Å²) in [7, 11) is 0. The second-order valence-corrected chi connectivity index (χ2v) is 0. The molecule has 0 saturated carbocycles. The number of rotatable bonds is 0. The average Bonchev–Trinajstić information content (AvgIpc) is 1.00. The first-order valence-electron chi connectivity index (χ1n) is 0.289. The van der Waals surface area contributed by atoms with Crippen LogP contribution in [0.5, 0.6) is 0 Å². The van der Waals surface area contributed by atoms with E-state index in [9.17, 15) is 0 Å². The van der Waals surface area contributed by atoms with Crippen LogP contribution in [0.1, 0.15) is 0 Å². The molecule has 0 atom stereocenters. The van der Waals surface area contributed by atoms with Crippen LogP contribution < -0.4 is 0 Å². The fourth-order valence-electron chi connectivity index (χ4n) is 0. The van der Waals surface area contributed by atoms with Gasteiger partial charge in [0.1, 0.15) is 0 Å². The molecule has 0 fully saturated rings. The van der Waals surface area contributed by atoms with Gasteiger partial charge < -0.3 is 0 Å². The quantitative estimate of drug-likeness (QED) is 0.494. The van der Waals surface area contributed by atoms with Crippen LogP contribution in [-0.2, 0) is 54.1 Å². The van der Waals surface area contributed by atoms with Crippen LogP contribution in [0.4, 0.5) is 0 Å². The standard InChI is InChI=1S/Al.Co.Cu.Ni.O.H. The Hall–Kier alpha value is 1.85. The molecule has 0 spiro atoms. The zero-order valence-electron chi connectivity index (χ0n) is 2.07. The van der Waals surface area contributed by atoms with Crippen molar-refractivity contribution in [3.63, 3.8) is 0 Å². The van der Waals surface area contributed by atoms with Crippen molar-refractivity contribution in [3.05, 3.63) is 0 Å². The Labute approximate surface area is 69.9 Å². The minimum absolute atomic E-state index is 0. The number of hydrogen-bond acceptors (Lipinski definition) is 1. The first-order valence-corrected chi connectivity index (χ1v) is 0.866. The molecule has 0 unspecified atom stereocenters. The summed E-state index contributed by atoms with van der Waals surface area (Å²) in [6, 6.07) is 0. The fourth-order valence-corrected chi connectivity index (χ4v) is 0. The zero-order valence-corrected chi connectivity index (χ0v) is 6.45. The second-order valence-electron chi connectivity index (χ2n) is 0. The summed E-state index contributed by atoms with van der Waals surface area (Å²) >= 11 is 0.611. The van der Waals surface area contributed by atoms with E-state index in [0.717, 1.165) is 0 Å². The molecule has 0 aliphatic heterocycles. The van der Waals surface area contributed by atoms with E-state index in [1.807, 2.05) is 0 Å². The second kappa shape index (κ2) is 40.2. The van der Waals surface area contributed by atoms with Gasteiger partial charge in [-0.15, -0.1) is 0 Å². The predicted molar refractivity (Wildman–Crippen MR) is 7.84 cm³/mol. The van der Waals surface area contributed by atoms with E-state index < -0.39 is 0 Å². The molecular weight excluding hydrogens is 224 g/mol. The topological polar surface area (TPSA) is 17.1 Å². The summed E-state index contributed by atoms with van der Waals surface area (Å²) in [5.41, 5.74) is 0. The van der Waals surface area contributed by atoms with Crippen LogP contribution in [-0.4, -0.2) is 16.2 Å². The van der Waals surface area contributed by atoms with Crippen molar-refractivity contribution >= 4 is 16.2 Å². The summed E-state index contributed by atoms with van der Waals surface area (Å²) in [4.78, 5) is 0. The summed E-state index contributed by atoms with van der Waals surface area (Å²) in [5, 5.41) is 0. The monoisotopic (exact) mass is 224 g/mol. The maximum absolute atomic E-state index is 8.28. The molecule has 0 saturated heterocycles. The van der Waals surface area contributed by atoms with Gasteiger partial charge in [-0.3, -0.25) is 0 Å². The summed E-state index contributed by atoms with van der Waals surface area (Å²) in [6.07, 6.45) is 0. The van der Waals surface area contributed by atoms with Crippen LogP contribution in [0.25, 0.3) is 0 Å². The molecule has 40 valence electrons. The van der Waals surface area contributed by atoms with Crippen LogP contribution in [0.15, 0.2) is 0 Å². The molecule has 0 aliphatic carbocycles. The van der Waals surface area contributed by atoms with Crippen molar-refractivity contribution in [2.45, 2.75) is 0 Å². The molecular formula is HAlCoCuNiO. The van der Waals surface area contributed by atoms with Crippen molar-refractivity contribution in [2.24, 2.45) is 0 Å². The van der Waals surface area contributed by atoms with Crippen molar-refractivity contribution in [1.82, 2.24) is 0 Å². The molecule has 0 rings (SSSR count). The van der Waals surface area contributed by atoms with Gasteiger partial charge in [-0.1, -0.05) is 0 Å². The Balaban J connectivity index is -0.00000000167. The van der Waals surface area contributed by atoms with Crippen LogP contribution in [0.2, 0.25) is 0 Å². The third kappa shape index (κ3) is 25.3. The van der Waals surface area contributed by atoms with E-state index >= 15 is 0 Å². The molecule has 0 bridgehead atoms. The van der Waals surface area contributed by atoms with Gasteiger partial charge in [0.25, 0.3) is 0 Å². The summed E-state index contributed by atoms with van der Waals surface area (Å²) in [6.45, 7) is 0. The zero-order chi connectivity index (χ0) is 2.00. The van der Waals surface area contributed by atoms with Crippen molar-refractivity contribution < 1.29 is 54.1 Å². The van der Waals surface area contributed by atoms with E-state index in [2.05, 4.69) is 0 Å². The maximum atomic E-state index is 8.28. The van der Waals surface area contributed by atoms with Crippen LogP contribution >= 0.6 is 0 Å². The molecule has 0 aromatic carbocycles. The Morgan fingerprint density at radius 3 is 1.20 bits per heavy atom. The van der Waals surface area contributed by atoms with Gasteiger partial charge >= 0.3 is 20.0 Å². The van der Waals surface area contributed by atoms with Gasteiger partial charge in [0.2, 0.25) is 0 Å². The van der Waals surface area contributed by atoms with Gasteiger partial charge in [0, 0.05) is 50.3 Å². The van der Waals surface area contributed by atoms with E-state index in [-0.39, 0.29) is 50.3 Å². The van der Waals surface area contributed by atoms with Crippen LogP contribution in [0, 0.1) is 0 Å². The molecule has 0 heterocycles. The van der Waals surface area contributed by atoms with E-state index in [1.165, 1.54) is 0 Å². The molecule has 5 heavy (non-hydrogen) atoms. The normalized spacial score (nSPS) is 0.600. The third-order valence-electron chi connectivity index (χ3n) is 0. The predicted octanol–water partition coefficient (Wildman–Crippen LogP) is -0.775. The molecule has 0 N–H and O–H groups in total. The SMILES string of the molecule is [Co].[Cu].[Ni].[O]=[AlH]. The van der Waals surface area contributed by atoms with Gasteiger partial charge in [-0.25, -0.2) is 0 Å². The molecule has 2 radical (unpaired) electrons. The first-order chi connectivity index (χ1) is 1.00. The van der Waals surface area contributed by atoms with E-state index in [0.29, 0.717) is 16.2 Å². The number of hydrogen-bond donors (Lipinski definition) is 0. The van der Waals surface area contributed by atoms with E-state index in [4.69, 9.17) is 3.80 Å². The summed E-state index contributed by atoms with van der Waals surface area (Å²) in [5.74, 6) is 0. The van der Waals surface area contributed by atoms with Crippen molar-refractivity contribution in [3.8, 4) is 0 Å². The van der Waals surface area contributed by atoms with Gasteiger partial charge in [0.05, 0.1) is 0 Å². The molecule has 0 aromatic heterocycles. The molecule has 0 aliphatic rings. The van der Waals surface area contributed by atoms with Gasteiger partial charge in [-0.05, 0) is 0 Å². The molecule has 0 amide bonds. The van der Waals surface area contributed by atoms with Crippen molar-refractivity contribution in [2.75, 3.05) is 0 Å². The Kier molecular flexibility index (Phi) is 232. The third-order valence-corrected chi connectivity index (χ3v) is 0. The molecule has 5 heteroatoms. The van der Waals surface area contributed by atoms with E-state index in [1.54, 1.807) is 0 Å². The summed E-state index contributed by atoms with van der Waals surface area (Å²) < 4.78 is 8.28. The van der Waals surface area contributed by atoms with Gasteiger partial charge in [-0.2, -0.15) is 0 Å². The van der Waals surface area contributed by atoms with Crippen LogP contribution in [0.3, 0.4) is 0 Å². The van der Waals surface area contributed by atoms with Gasteiger partial charge in [0.15, 0.2) is 0 Å².